The number of nitrogens with zero attached hydrogens (tertiary/aromatic N) is 2. The summed E-state index contributed by atoms with van der Waals surface area (Å²) in [7, 11) is 1.60. The van der Waals surface area contributed by atoms with Crippen molar-refractivity contribution in [1.82, 2.24) is 4.90 Å². The molecule has 108 valence electrons. The highest BCUT2D eigenvalue weighted by molar-refractivity contribution is 5.94. The number of nitrogens with two attached hydrogens (primary N) is 1. The number of hydrogen-bond donors (Lipinski definition) is 2. The highest BCUT2D eigenvalue weighted by Gasteiger charge is 2.16. The molecule has 1 aromatic rings. The van der Waals surface area contributed by atoms with Crippen LogP contribution >= 0.6 is 0 Å². The minimum absolute atomic E-state index is 0.0258. The number of ether oxygens (including phenoxy) is 1. The molecule has 0 unspecified atom stereocenters. The maximum Gasteiger partial charge on any atom is 0.244 e. The number of nitrogens with one attached hydrogen (secondary N) is 1. The van der Waals surface area contributed by atoms with Crippen LogP contribution in [0.2, 0.25) is 0 Å². The van der Waals surface area contributed by atoms with Gasteiger partial charge in [-0.3, -0.25) is 4.79 Å². The molecule has 1 amide bonds. The van der Waals surface area contributed by atoms with Gasteiger partial charge in [0.25, 0.3) is 0 Å². The normalized spacial score (nSPS) is 15.2. The van der Waals surface area contributed by atoms with Gasteiger partial charge in [0.15, 0.2) is 5.96 Å². The summed E-state index contributed by atoms with van der Waals surface area (Å²) in [4.78, 5) is 17.7. The molecule has 1 saturated heterocycles. The van der Waals surface area contributed by atoms with Crippen molar-refractivity contribution < 1.29 is 9.53 Å². The summed E-state index contributed by atoms with van der Waals surface area (Å²) in [6, 6.07) is 7.36. The number of carbonyl (C=O) groups is 1. The predicted molar refractivity (Wildman–Crippen MR) is 78.9 cm³/mol. The first-order chi connectivity index (χ1) is 9.69. The summed E-state index contributed by atoms with van der Waals surface area (Å²) >= 11 is 0. The zero-order valence-corrected chi connectivity index (χ0v) is 11.6. The van der Waals surface area contributed by atoms with E-state index in [0.717, 1.165) is 37.4 Å². The summed E-state index contributed by atoms with van der Waals surface area (Å²) in [5.74, 6) is 0.986. The number of hydrogen-bond acceptors (Lipinski definition) is 3. The number of aliphatic imine (C=N–C) groups is 1. The van der Waals surface area contributed by atoms with E-state index in [1.54, 1.807) is 7.11 Å². The first kappa shape index (κ1) is 14.2. The number of rotatable bonds is 4. The van der Waals surface area contributed by atoms with Crippen LogP contribution in [0.25, 0.3) is 0 Å². The highest BCUT2D eigenvalue weighted by atomic mass is 16.5. The van der Waals surface area contributed by atoms with Gasteiger partial charge in [-0.25, -0.2) is 4.99 Å². The second-order valence-corrected chi connectivity index (χ2v) is 4.65. The van der Waals surface area contributed by atoms with Crippen LogP contribution in [-0.2, 0) is 4.79 Å². The Bertz CT molecular complexity index is 496. The number of guanidine groups is 1. The minimum Gasteiger partial charge on any atom is -0.497 e. The quantitative estimate of drug-likeness (QED) is 0.636. The van der Waals surface area contributed by atoms with E-state index < -0.39 is 0 Å². The summed E-state index contributed by atoms with van der Waals surface area (Å²) < 4.78 is 5.12. The second kappa shape index (κ2) is 6.79. The number of carbonyl (C=O) groups excluding carboxylic acids is 1. The van der Waals surface area contributed by atoms with Gasteiger partial charge < -0.3 is 20.7 Å². The number of benzene rings is 1. The van der Waals surface area contributed by atoms with Crippen molar-refractivity contribution in [3.8, 4) is 5.75 Å². The lowest BCUT2D eigenvalue weighted by molar-refractivity contribution is -0.128. The number of amides is 1. The van der Waals surface area contributed by atoms with Crippen LogP contribution in [0.1, 0.15) is 12.8 Å². The number of anilines is 1. The molecule has 0 aromatic heterocycles. The van der Waals surface area contributed by atoms with E-state index in [4.69, 9.17) is 10.5 Å². The van der Waals surface area contributed by atoms with Gasteiger partial charge in [0, 0.05) is 24.8 Å². The first-order valence-electron chi connectivity index (χ1n) is 6.68. The smallest absolute Gasteiger partial charge is 0.244 e. The molecule has 0 atom stereocenters. The predicted octanol–water partition coefficient (Wildman–Crippen LogP) is 1.04. The van der Waals surface area contributed by atoms with Gasteiger partial charge in [-0.1, -0.05) is 6.07 Å². The van der Waals surface area contributed by atoms with Crippen LogP contribution < -0.4 is 15.8 Å². The molecule has 0 spiro atoms. The van der Waals surface area contributed by atoms with Crippen molar-refractivity contribution in [2.45, 2.75) is 12.8 Å². The zero-order chi connectivity index (χ0) is 14.4. The molecule has 3 N–H and O–H groups in total. The van der Waals surface area contributed by atoms with E-state index >= 15 is 0 Å². The molecule has 1 fully saturated rings. The Labute approximate surface area is 118 Å². The molecule has 0 radical (unpaired) electrons. The van der Waals surface area contributed by atoms with Crippen molar-refractivity contribution >= 4 is 17.6 Å². The van der Waals surface area contributed by atoms with Gasteiger partial charge in [0.2, 0.25) is 5.91 Å². The van der Waals surface area contributed by atoms with Crippen LogP contribution in [0.15, 0.2) is 29.3 Å². The van der Waals surface area contributed by atoms with Crippen LogP contribution in [0.5, 0.6) is 5.75 Å². The van der Waals surface area contributed by atoms with E-state index in [1.165, 1.54) is 0 Å². The standard InChI is InChI=1S/C14H20N4O2/c1-20-12-6-4-5-11(9-12)17-14(15)16-10-13(19)18-7-2-3-8-18/h4-6,9H,2-3,7-8,10H2,1H3,(H3,15,16,17). The Kier molecular flexibility index (Phi) is 4.81. The van der Waals surface area contributed by atoms with Gasteiger partial charge in [-0.2, -0.15) is 0 Å². The van der Waals surface area contributed by atoms with E-state index in [9.17, 15) is 4.79 Å². The van der Waals surface area contributed by atoms with Gasteiger partial charge in [-0.15, -0.1) is 0 Å². The number of methoxy groups -OCH3 is 1. The molecule has 0 bridgehead atoms. The molecular weight excluding hydrogens is 256 g/mol. The molecule has 0 aliphatic carbocycles. The molecule has 1 aromatic carbocycles. The van der Waals surface area contributed by atoms with Crippen molar-refractivity contribution in [2.75, 3.05) is 32.1 Å². The van der Waals surface area contributed by atoms with Crippen molar-refractivity contribution in [3.05, 3.63) is 24.3 Å². The molecule has 1 aliphatic rings. The maximum absolute atomic E-state index is 11.8. The van der Waals surface area contributed by atoms with E-state index in [1.807, 2.05) is 29.2 Å². The van der Waals surface area contributed by atoms with Gasteiger partial charge >= 0.3 is 0 Å². The van der Waals surface area contributed by atoms with Crippen LogP contribution in [0.4, 0.5) is 5.69 Å². The summed E-state index contributed by atoms with van der Waals surface area (Å²) in [5.41, 5.74) is 6.55. The Morgan fingerprint density at radius 2 is 2.20 bits per heavy atom. The SMILES string of the molecule is COc1cccc(NC(N)=NCC(=O)N2CCCC2)c1. The Hall–Kier alpha value is -2.24. The molecule has 20 heavy (non-hydrogen) atoms. The molecule has 2 rings (SSSR count). The van der Waals surface area contributed by atoms with E-state index in [-0.39, 0.29) is 18.4 Å². The average molecular weight is 276 g/mol. The van der Waals surface area contributed by atoms with Crippen molar-refractivity contribution in [3.63, 3.8) is 0 Å². The number of likely N-dealkylation sites (tertiary alicyclic amines) is 1. The first-order valence-corrected chi connectivity index (χ1v) is 6.68. The third kappa shape index (κ3) is 3.88. The minimum atomic E-state index is 0.0258. The van der Waals surface area contributed by atoms with E-state index in [2.05, 4.69) is 10.3 Å². The summed E-state index contributed by atoms with van der Waals surface area (Å²) in [6.45, 7) is 1.75. The molecule has 1 aliphatic heterocycles. The monoisotopic (exact) mass is 276 g/mol. The third-order valence-electron chi connectivity index (χ3n) is 3.19. The van der Waals surface area contributed by atoms with Crippen molar-refractivity contribution in [2.24, 2.45) is 10.7 Å². The largest absolute Gasteiger partial charge is 0.497 e. The lowest BCUT2D eigenvalue weighted by atomic mass is 10.3. The highest BCUT2D eigenvalue weighted by Crippen LogP contribution is 2.16. The van der Waals surface area contributed by atoms with Crippen LogP contribution in [0.3, 0.4) is 0 Å². The van der Waals surface area contributed by atoms with Crippen LogP contribution in [0, 0.1) is 0 Å². The summed E-state index contributed by atoms with van der Waals surface area (Å²) in [5, 5.41) is 2.94. The second-order valence-electron chi connectivity index (χ2n) is 4.65. The molecular formula is C14H20N4O2. The fourth-order valence-corrected chi connectivity index (χ4v) is 2.11. The molecule has 6 heteroatoms. The average Bonchev–Trinajstić information content (AvgIpc) is 2.99. The topological polar surface area (TPSA) is 80.0 Å². The molecule has 0 saturated carbocycles. The van der Waals surface area contributed by atoms with Gasteiger partial charge in [0.05, 0.1) is 7.11 Å². The summed E-state index contributed by atoms with van der Waals surface area (Å²) in [6.07, 6.45) is 2.15. The van der Waals surface area contributed by atoms with E-state index in [0.29, 0.717) is 0 Å². The Morgan fingerprint density at radius 1 is 1.45 bits per heavy atom. The van der Waals surface area contributed by atoms with Gasteiger partial charge in [0.1, 0.15) is 12.3 Å². The lowest BCUT2D eigenvalue weighted by Gasteiger charge is -2.13. The molecule has 6 nitrogen and oxygen atoms in total. The van der Waals surface area contributed by atoms with Crippen molar-refractivity contribution in [1.29, 1.82) is 0 Å². The fourth-order valence-electron chi connectivity index (χ4n) is 2.11. The lowest BCUT2D eigenvalue weighted by Crippen LogP contribution is -2.31. The fraction of sp³-hybridized carbons (Fsp3) is 0.429. The third-order valence-corrected chi connectivity index (χ3v) is 3.19. The van der Waals surface area contributed by atoms with Crippen LogP contribution in [-0.4, -0.2) is 43.5 Å². The van der Waals surface area contributed by atoms with Gasteiger partial charge in [-0.05, 0) is 25.0 Å². The zero-order valence-electron chi connectivity index (χ0n) is 11.6. The molecule has 1 heterocycles. The Balaban J connectivity index is 1.88. The maximum atomic E-state index is 11.8. The Morgan fingerprint density at radius 3 is 2.90 bits per heavy atom.